The van der Waals surface area contributed by atoms with Crippen molar-refractivity contribution < 1.29 is 14.3 Å². The highest BCUT2D eigenvalue weighted by Crippen LogP contribution is 2.33. The summed E-state index contributed by atoms with van der Waals surface area (Å²) in [6.07, 6.45) is 0. The van der Waals surface area contributed by atoms with Gasteiger partial charge in [-0.2, -0.15) is 0 Å². The van der Waals surface area contributed by atoms with Crippen LogP contribution in [0, 0.1) is 6.92 Å². The summed E-state index contributed by atoms with van der Waals surface area (Å²) in [6, 6.07) is 15.0. The molecule has 0 saturated heterocycles. The van der Waals surface area contributed by atoms with Gasteiger partial charge >= 0.3 is 0 Å². The van der Waals surface area contributed by atoms with Gasteiger partial charge in [0, 0.05) is 6.07 Å². The predicted octanol–water partition coefficient (Wildman–Crippen LogP) is 4.39. The van der Waals surface area contributed by atoms with E-state index >= 15 is 0 Å². The standard InChI is InChI=1S/C19H18N2O3S/c1-12-20-17(18(25-12)13-7-5-4-6-8-13)19(22)21-15-11-14(23-2)9-10-16(15)24-3/h4-11H,1-3H3,(H,21,22). The highest BCUT2D eigenvalue weighted by atomic mass is 32.1. The average molecular weight is 354 g/mol. The van der Waals surface area contributed by atoms with E-state index in [1.165, 1.54) is 11.3 Å². The molecule has 0 fully saturated rings. The van der Waals surface area contributed by atoms with E-state index in [1.807, 2.05) is 37.3 Å². The van der Waals surface area contributed by atoms with Crippen LogP contribution in [0.3, 0.4) is 0 Å². The summed E-state index contributed by atoms with van der Waals surface area (Å²) in [5.74, 6) is 0.908. The number of anilines is 1. The molecule has 128 valence electrons. The molecule has 1 N–H and O–H groups in total. The van der Waals surface area contributed by atoms with Crippen molar-refractivity contribution >= 4 is 22.9 Å². The van der Waals surface area contributed by atoms with Crippen LogP contribution in [0.4, 0.5) is 5.69 Å². The van der Waals surface area contributed by atoms with Crippen molar-refractivity contribution in [3.63, 3.8) is 0 Å². The van der Waals surface area contributed by atoms with E-state index in [9.17, 15) is 4.79 Å². The number of methoxy groups -OCH3 is 2. The summed E-state index contributed by atoms with van der Waals surface area (Å²) in [5.41, 5.74) is 1.91. The van der Waals surface area contributed by atoms with E-state index in [1.54, 1.807) is 32.4 Å². The van der Waals surface area contributed by atoms with Crippen LogP contribution in [-0.2, 0) is 0 Å². The molecule has 3 rings (SSSR count). The zero-order valence-corrected chi connectivity index (χ0v) is 15.0. The topological polar surface area (TPSA) is 60.5 Å². The van der Waals surface area contributed by atoms with Gasteiger partial charge in [-0.05, 0) is 24.6 Å². The lowest BCUT2D eigenvalue weighted by molar-refractivity contribution is 0.102. The molecule has 1 aromatic heterocycles. The van der Waals surface area contributed by atoms with Crippen molar-refractivity contribution in [3.05, 3.63) is 59.2 Å². The van der Waals surface area contributed by atoms with E-state index in [4.69, 9.17) is 9.47 Å². The second kappa shape index (κ2) is 7.36. The van der Waals surface area contributed by atoms with Crippen molar-refractivity contribution in [2.75, 3.05) is 19.5 Å². The van der Waals surface area contributed by atoms with Crippen LogP contribution in [0.2, 0.25) is 0 Å². The van der Waals surface area contributed by atoms with Gasteiger partial charge in [-0.25, -0.2) is 4.98 Å². The van der Waals surface area contributed by atoms with Crippen LogP contribution in [0.25, 0.3) is 10.4 Å². The lowest BCUT2D eigenvalue weighted by atomic mass is 10.1. The van der Waals surface area contributed by atoms with Gasteiger partial charge < -0.3 is 14.8 Å². The molecule has 0 radical (unpaired) electrons. The Bertz CT molecular complexity index is 891. The molecule has 2 aromatic carbocycles. The van der Waals surface area contributed by atoms with Gasteiger partial charge in [0.2, 0.25) is 0 Å². The van der Waals surface area contributed by atoms with Crippen LogP contribution in [0.5, 0.6) is 11.5 Å². The van der Waals surface area contributed by atoms with E-state index < -0.39 is 0 Å². The molecule has 0 bridgehead atoms. The summed E-state index contributed by atoms with van der Waals surface area (Å²) in [5, 5.41) is 3.71. The van der Waals surface area contributed by atoms with E-state index in [0.717, 1.165) is 15.4 Å². The molecule has 0 atom stereocenters. The summed E-state index contributed by atoms with van der Waals surface area (Å²) in [7, 11) is 3.13. The maximum Gasteiger partial charge on any atom is 0.275 e. The first-order valence-electron chi connectivity index (χ1n) is 7.68. The number of benzene rings is 2. The van der Waals surface area contributed by atoms with Crippen molar-refractivity contribution in [1.29, 1.82) is 0 Å². The second-order valence-electron chi connectivity index (χ2n) is 5.30. The molecule has 1 heterocycles. The number of nitrogens with one attached hydrogen (secondary N) is 1. The predicted molar refractivity (Wildman–Crippen MR) is 99.8 cm³/mol. The van der Waals surface area contributed by atoms with Gasteiger partial charge in [0.15, 0.2) is 0 Å². The molecule has 0 saturated carbocycles. The number of thiazole rings is 1. The van der Waals surface area contributed by atoms with Gasteiger partial charge in [-0.3, -0.25) is 4.79 Å². The lowest BCUT2D eigenvalue weighted by Crippen LogP contribution is -2.14. The number of rotatable bonds is 5. The maximum absolute atomic E-state index is 12.8. The number of nitrogens with zero attached hydrogens (tertiary/aromatic N) is 1. The smallest absolute Gasteiger partial charge is 0.275 e. The van der Waals surface area contributed by atoms with Gasteiger partial charge in [0.05, 0.1) is 29.8 Å². The van der Waals surface area contributed by atoms with Crippen molar-refractivity contribution in [2.45, 2.75) is 6.92 Å². The van der Waals surface area contributed by atoms with E-state index in [0.29, 0.717) is 22.9 Å². The number of ether oxygens (including phenoxy) is 2. The molecule has 5 nitrogen and oxygen atoms in total. The van der Waals surface area contributed by atoms with Crippen LogP contribution < -0.4 is 14.8 Å². The molecule has 1 amide bonds. The minimum atomic E-state index is -0.283. The minimum Gasteiger partial charge on any atom is -0.497 e. The number of aromatic nitrogens is 1. The fraction of sp³-hybridized carbons (Fsp3) is 0.158. The zero-order valence-electron chi connectivity index (χ0n) is 14.2. The average Bonchev–Trinajstić information content (AvgIpc) is 3.04. The molecule has 0 aliphatic rings. The third kappa shape index (κ3) is 3.64. The van der Waals surface area contributed by atoms with Gasteiger partial charge in [-0.15, -0.1) is 11.3 Å². The summed E-state index contributed by atoms with van der Waals surface area (Å²) in [6.45, 7) is 1.89. The Labute approximate surface area is 150 Å². The molecular weight excluding hydrogens is 336 g/mol. The quantitative estimate of drug-likeness (QED) is 0.738. The van der Waals surface area contributed by atoms with E-state index in [-0.39, 0.29) is 5.91 Å². The SMILES string of the molecule is COc1ccc(OC)c(NC(=O)c2nc(C)sc2-c2ccccc2)c1. The van der Waals surface area contributed by atoms with Crippen molar-refractivity contribution in [1.82, 2.24) is 4.98 Å². The third-order valence-corrected chi connectivity index (χ3v) is 4.66. The van der Waals surface area contributed by atoms with Crippen molar-refractivity contribution in [3.8, 4) is 21.9 Å². The first kappa shape index (κ1) is 17.0. The largest absolute Gasteiger partial charge is 0.497 e. The number of hydrogen-bond donors (Lipinski definition) is 1. The molecule has 0 aliphatic heterocycles. The first-order valence-corrected chi connectivity index (χ1v) is 8.50. The fourth-order valence-electron chi connectivity index (χ4n) is 2.46. The fourth-order valence-corrected chi connectivity index (χ4v) is 3.38. The monoisotopic (exact) mass is 354 g/mol. The van der Waals surface area contributed by atoms with Crippen LogP contribution in [-0.4, -0.2) is 25.1 Å². The number of amides is 1. The highest BCUT2D eigenvalue weighted by molar-refractivity contribution is 7.15. The lowest BCUT2D eigenvalue weighted by Gasteiger charge is -2.11. The Morgan fingerprint density at radius 2 is 1.84 bits per heavy atom. The number of carbonyl (C=O) groups is 1. The van der Waals surface area contributed by atoms with Gasteiger partial charge in [0.1, 0.15) is 17.2 Å². The van der Waals surface area contributed by atoms with Crippen LogP contribution in [0.15, 0.2) is 48.5 Å². The molecule has 0 unspecified atom stereocenters. The Hall–Kier alpha value is -2.86. The Morgan fingerprint density at radius 1 is 1.08 bits per heavy atom. The zero-order chi connectivity index (χ0) is 17.8. The van der Waals surface area contributed by atoms with Crippen LogP contribution >= 0.6 is 11.3 Å². The minimum absolute atomic E-state index is 0.283. The second-order valence-corrected chi connectivity index (χ2v) is 6.50. The first-order chi connectivity index (χ1) is 12.1. The summed E-state index contributed by atoms with van der Waals surface area (Å²) >= 11 is 1.50. The summed E-state index contributed by atoms with van der Waals surface area (Å²) < 4.78 is 10.5. The third-order valence-electron chi connectivity index (χ3n) is 3.64. The summed E-state index contributed by atoms with van der Waals surface area (Å²) in [4.78, 5) is 18.1. The van der Waals surface area contributed by atoms with E-state index in [2.05, 4.69) is 10.3 Å². The Balaban J connectivity index is 1.95. The number of carbonyl (C=O) groups excluding carboxylic acids is 1. The number of aryl methyl sites for hydroxylation is 1. The highest BCUT2D eigenvalue weighted by Gasteiger charge is 2.19. The molecule has 0 spiro atoms. The molecule has 3 aromatic rings. The Morgan fingerprint density at radius 3 is 2.52 bits per heavy atom. The number of hydrogen-bond acceptors (Lipinski definition) is 5. The molecule has 0 aliphatic carbocycles. The van der Waals surface area contributed by atoms with Gasteiger partial charge in [0.25, 0.3) is 5.91 Å². The van der Waals surface area contributed by atoms with Crippen LogP contribution in [0.1, 0.15) is 15.5 Å². The maximum atomic E-state index is 12.8. The molecule has 6 heteroatoms. The van der Waals surface area contributed by atoms with Gasteiger partial charge in [-0.1, -0.05) is 30.3 Å². The molecular formula is C19H18N2O3S. The Kier molecular flexibility index (Phi) is 5.00. The normalized spacial score (nSPS) is 10.4. The molecule has 25 heavy (non-hydrogen) atoms. The van der Waals surface area contributed by atoms with Crippen molar-refractivity contribution in [2.24, 2.45) is 0 Å².